The van der Waals surface area contributed by atoms with Crippen molar-refractivity contribution < 1.29 is 0 Å². The van der Waals surface area contributed by atoms with Crippen LogP contribution in [0.5, 0.6) is 0 Å². The molecule has 0 fully saturated rings. The van der Waals surface area contributed by atoms with Gasteiger partial charge in [-0.15, -0.1) is 11.7 Å². The number of hydrogen-bond donors (Lipinski definition) is 2. The molecule has 0 spiro atoms. The highest BCUT2D eigenvalue weighted by molar-refractivity contribution is 8.68. The second-order valence-corrected chi connectivity index (χ2v) is 4.60. The number of rotatable bonds is 4. The van der Waals surface area contributed by atoms with Crippen molar-refractivity contribution in [3.63, 3.8) is 0 Å². The van der Waals surface area contributed by atoms with Crippen LogP contribution in [0.3, 0.4) is 0 Å². The molecule has 0 bridgehead atoms. The second kappa shape index (κ2) is 6.49. The third-order valence-electron chi connectivity index (χ3n) is 1.50. The van der Waals surface area contributed by atoms with E-state index in [0.717, 1.165) is 5.70 Å². The van der Waals surface area contributed by atoms with Gasteiger partial charge in [-0.2, -0.15) is 0 Å². The summed E-state index contributed by atoms with van der Waals surface area (Å²) in [6, 6.07) is 0. The van der Waals surface area contributed by atoms with E-state index in [9.17, 15) is 0 Å². The Kier molecular flexibility index (Phi) is 6.48. The Hall–Kier alpha value is -0.0200. The van der Waals surface area contributed by atoms with Crippen LogP contribution in [0.25, 0.3) is 0 Å². The van der Waals surface area contributed by atoms with Gasteiger partial charge in [0.1, 0.15) is 0 Å². The monoisotopic (exact) mass is 203 g/mol. The molecule has 0 radical (unpaired) electrons. The first-order valence-corrected chi connectivity index (χ1v) is 5.95. The van der Waals surface area contributed by atoms with Crippen molar-refractivity contribution >= 4 is 22.5 Å². The quantitative estimate of drug-likeness (QED) is 0.417. The van der Waals surface area contributed by atoms with Crippen LogP contribution >= 0.6 is 22.5 Å². The maximum absolute atomic E-state index is 5.73. The van der Waals surface area contributed by atoms with Crippen LogP contribution in [0.2, 0.25) is 0 Å². The van der Waals surface area contributed by atoms with E-state index >= 15 is 0 Å². The smallest absolute Gasteiger partial charge is 0.0303 e. The summed E-state index contributed by atoms with van der Waals surface area (Å²) < 4.78 is 0. The van der Waals surface area contributed by atoms with E-state index in [-0.39, 0.29) is 0 Å². The minimum absolute atomic E-state index is 0.425. The number of allylic oxidation sites excluding steroid dienone is 3. The van der Waals surface area contributed by atoms with E-state index in [2.05, 4.69) is 38.5 Å². The normalized spacial score (nSPS) is 15.9. The molecule has 2 N–H and O–H groups in total. The molecule has 0 aromatic rings. The van der Waals surface area contributed by atoms with E-state index in [1.54, 1.807) is 0 Å². The zero-order chi connectivity index (χ0) is 9.56. The minimum Gasteiger partial charge on any atom is -0.402 e. The third kappa shape index (κ3) is 5.61. The summed E-state index contributed by atoms with van der Waals surface area (Å²) in [7, 11) is 1.52. The van der Waals surface area contributed by atoms with Crippen molar-refractivity contribution in [1.29, 1.82) is 0 Å². The standard InChI is InChI=1S/C9H17NS2/c1-7(2)9(10)6-4-5-8(3)12-11/h4-8,11H,10H2,1-3H3/b5-4-,9-6+. The van der Waals surface area contributed by atoms with Crippen molar-refractivity contribution in [1.82, 2.24) is 0 Å². The highest BCUT2D eigenvalue weighted by Crippen LogP contribution is 2.15. The molecule has 0 rings (SSSR count). The maximum atomic E-state index is 5.73. The van der Waals surface area contributed by atoms with Crippen molar-refractivity contribution in [2.75, 3.05) is 0 Å². The average Bonchev–Trinajstić information content (AvgIpc) is 2.03. The lowest BCUT2D eigenvalue weighted by Crippen LogP contribution is -2.03. The summed E-state index contributed by atoms with van der Waals surface area (Å²) >= 11 is 4.09. The van der Waals surface area contributed by atoms with E-state index in [4.69, 9.17) is 5.73 Å². The van der Waals surface area contributed by atoms with Gasteiger partial charge in [-0.25, -0.2) is 0 Å². The predicted octanol–water partition coefficient (Wildman–Crippen LogP) is 3.01. The fourth-order valence-corrected chi connectivity index (χ4v) is 0.923. The van der Waals surface area contributed by atoms with Gasteiger partial charge in [0, 0.05) is 10.9 Å². The van der Waals surface area contributed by atoms with Gasteiger partial charge < -0.3 is 5.73 Å². The van der Waals surface area contributed by atoms with Crippen LogP contribution in [0.1, 0.15) is 20.8 Å². The van der Waals surface area contributed by atoms with Crippen molar-refractivity contribution in [2.24, 2.45) is 11.7 Å². The Bertz CT molecular complexity index is 173. The number of hydrogen-bond acceptors (Lipinski definition) is 3. The SMILES string of the molecule is CC(/C=C\C=C(\N)C(C)C)SS. The summed E-state index contributed by atoms with van der Waals surface area (Å²) in [4.78, 5) is 0. The molecule has 1 atom stereocenters. The molecule has 0 amide bonds. The Balaban J connectivity index is 3.94. The summed E-state index contributed by atoms with van der Waals surface area (Å²) in [6.45, 7) is 6.25. The van der Waals surface area contributed by atoms with Gasteiger partial charge in [0.25, 0.3) is 0 Å². The van der Waals surface area contributed by atoms with Gasteiger partial charge in [-0.1, -0.05) is 36.8 Å². The Morgan fingerprint density at radius 3 is 2.42 bits per heavy atom. The first-order chi connectivity index (χ1) is 5.57. The van der Waals surface area contributed by atoms with Crippen LogP contribution in [-0.2, 0) is 0 Å². The fourth-order valence-electron chi connectivity index (χ4n) is 0.551. The highest BCUT2D eigenvalue weighted by atomic mass is 33.1. The van der Waals surface area contributed by atoms with Crippen molar-refractivity contribution in [3.8, 4) is 0 Å². The van der Waals surface area contributed by atoms with Crippen molar-refractivity contribution in [3.05, 3.63) is 23.9 Å². The lowest BCUT2D eigenvalue weighted by Gasteiger charge is -2.02. The Morgan fingerprint density at radius 2 is 2.00 bits per heavy atom. The predicted molar refractivity (Wildman–Crippen MR) is 62.3 cm³/mol. The topological polar surface area (TPSA) is 26.0 Å². The molecule has 0 saturated carbocycles. The fraction of sp³-hybridized carbons (Fsp3) is 0.556. The number of thiol groups is 1. The van der Waals surface area contributed by atoms with Gasteiger partial charge in [0.05, 0.1) is 0 Å². The zero-order valence-corrected chi connectivity index (χ0v) is 9.53. The molecule has 1 nitrogen and oxygen atoms in total. The molecule has 0 aliphatic heterocycles. The van der Waals surface area contributed by atoms with Crippen LogP contribution in [0.15, 0.2) is 23.9 Å². The molecular formula is C9H17NS2. The van der Waals surface area contributed by atoms with Gasteiger partial charge in [-0.05, 0) is 18.9 Å². The van der Waals surface area contributed by atoms with Crippen molar-refractivity contribution in [2.45, 2.75) is 26.0 Å². The molecule has 0 aromatic heterocycles. The first-order valence-electron chi connectivity index (χ1n) is 4.02. The van der Waals surface area contributed by atoms with Crippen LogP contribution in [0.4, 0.5) is 0 Å². The van der Waals surface area contributed by atoms with Gasteiger partial charge >= 0.3 is 0 Å². The average molecular weight is 203 g/mol. The third-order valence-corrected chi connectivity index (χ3v) is 2.99. The van der Waals surface area contributed by atoms with Gasteiger partial charge in [-0.3, -0.25) is 0 Å². The molecule has 0 aromatic carbocycles. The van der Waals surface area contributed by atoms with Crippen LogP contribution < -0.4 is 5.73 Å². The lowest BCUT2D eigenvalue weighted by molar-refractivity contribution is 0.757. The first kappa shape index (κ1) is 12.0. The van der Waals surface area contributed by atoms with E-state index in [0.29, 0.717) is 11.2 Å². The Labute approximate surface area is 84.3 Å². The molecule has 0 saturated heterocycles. The van der Waals surface area contributed by atoms with Gasteiger partial charge in [0.15, 0.2) is 0 Å². The molecular weight excluding hydrogens is 186 g/mol. The summed E-state index contributed by atoms with van der Waals surface area (Å²) in [5.74, 6) is 0.425. The zero-order valence-electron chi connectivity index (χ0n) is 7.82. The molecule has 70 valence electrons. The maximum Gasteiger partial charge on any atom is 0.0303 e. The van der Waals surface area contributed by atoms with E-state index in [1.807, 2.05) is 12.2 Å². The van der Waals surface area contributed by atoms with Gasteiger partial charge in [0.2, 0.25) is 0 Å². The second-order valence-electron chi connectivity index (χ2n) is 3.02. The molecule has 3 heteroatoms. The van der Waals surface area contributed by atoms with Crippen LogP contribution in [-0.4, -0.2) is 5.25 Å². The summed E-state index contributed by atoms with van der Waals surface area (Å²) in [5.41, 5.74) is 6.65. The Morgan fingerprint density at radius 1 is 1.42 bits per heavy atom. The molecule has 12 heavy (non-hydrogen) atoms. The van der Waals surface area contributed by atoms with E-state index < -0.39 is 0 Å². The number of nitrogens with two attached hydrogens (primary N) is 1. The highest BCUT2D eigenvalue weighted by Gasteiger charge is 1.94. The molecule has 1 unspecified atom stereocenters. The van der Waals surface area contributed by atoms with Crippen LogP contribution in [0, 0.1) is 5.92 Å². The molecule has 0 heterocycles. The molecule has 0 aliphatic rings. The summed E-state index contributed by atoms with van der Waals surface area (Å²) in [6.07, 6.45) is 6.02. The largest absolute Gasteiger partial charge is 0.402 e. The summed E-state index contributed by atoms with van der Waals surface area (Å²) in [5, 5.41) is 0.435. The molecule has 0 aliphatic carbocycles. The van der Waals surface area contributed by atoms with E-state index in [1.165, 1.54) is 10.8 Å². The minimum atomic E-state index is 0.425. The lowest BCUT2D eigenvalue weighted by atomic mass is 10.1.